The summed E-state index contributed by atoms with van der Waals surface area (Å²) in [4.78, 5) is 0. The van der Waals surface area contributed by atoms with Crippen LogP contribution in [0.25, 0.3) is 0 Å². The SMILES string of the molecule is CC1(CN)CCN(S(=O)(=O)c2ccco2)C1. The molecule has 0 bridgehead atoms. The van der Waals surface area contributed by atoms with Crippen molar-refractivity contribution in [1.82, 2.24) is 4.31 Å². The maximum atomic E-state index is 12.1. The molecule has 6 heteroatoms. The molecule has 0 saturated carbocycles. The zero-order valence-corrected chi connectivity index (χ0v) is 10.0. The van der Waals surface area contributed by atoms with E-state index in [0.29, 0.717) is 19.6 Å². The average molecular weight is 244 g/mol. The molecule has 1 aliphatic heterocycles. The minimum atomic E-state index is -3.47. The van der Waals surface area contributed by atoms with E-state index in [9.17, 15) is 8.42 Å². The van der Waals surface area contributed by atoms with Crippen molar-refractivity contribution in [3.63, 3.8) is 0 Å². The Morgan fingerprint density at radius 2 is 2.38 bits per heavy atom. The third-order valence-electron chi connectivity index (χ3n) is 3.10. The first kappa shape index (κ1) is 11.6. The smallest absolute Gasteiger partial charge is 0.276 e. The molecule has 5 nitrogen and oxygen atoms in total. The van der Waals surface area contributed by atoms with Gasteiger partial charge in [-0.2, -0.15) is 4.31 Å². The number of sulfonamides is 1. The molecule has 0 radical (unpaired) electrons. The van der Waals surface area contributed by atoms with Crippen LogP contribution in [0, 0.1) is 5.41 Å². The summed E-state index contributed by atoms with van der Waals surface area (Å²) in [6.45, 7) is 3.48. The van der Waals surface area contributed by atoms with E-state index in [4.69, 9.17) is 10.2 Å². The van der Waals surface area contributed by atoms with Crippen LogP contribution in [0.2, 0.25) is 0 Å². The van der Waals surface area contributed by atoms with Crippen molar-refractivity contribution in [3.8, 4) is 0 Å². The summed E-state index contributed by atoms with van der Waals surface area (Å²) in [5.74, 6) is 0. The molecule has 1 fully saturated rings. The molecule has 0 amide bonds. The van der Waals surface area contributed by atoms with Gasteiger partial charge in [-0.05, 0) is 30.5 Å². The van der Waals surface area contributed by atoms with E-state index in [2.05, 4.69) is 0 Å². The van der Waals surface area contributed by atoms with Crippen LogP contribution in [-0.4, -0.2) is 32.4 Å². The number of rotatable bonds is 3. The molecule has 90 valence electrons. The van der Waals surface area contributed by atoms with Crippen molar-refractivity contribution >= 4 is 10.0 Å². The molecule has 1 aliphatic rings. The van der Waals surface area contributed by atoms with E-state index in [1.807, 2.05) is 6.92 Å². The summed E-state index contributed by atoms with van der Waals surface area (Å²) in [5, 5.41) is 0.00812. The summed E-state index contributed by atoms with van der Waals surface area (Å²) >= 11 is 0. The van der Waals surface area contributed by atoms with Crippen molar-refractivity contribution in [2.45, 2.75) is 18.4 Å². The molecule has 0 aromatic carbocycles. The molecule has 1 aromatic rings. The van der Waals surface area contributed by atoms with E-state index < -0.39 is 10.0 Å². The molecule has 2 rings (SSSR count). The lowest BCUT2D eigenvalue weighted by Gasteiger charge is -2.21. The predicted octanol–water partition coefficient (Wildman–Crippen LogP) is 0.639. The average Bonchev–Trinajstić information content (AvgIpc) is 2.87. The minimum Gasteiger partial charge on any atom is -0.452 e. The first-order chi connectivity index (χ1) is 7.48. The third kappa shape index (κ3) is 1.88. The minimum absolute atomic E-state index is 0.00812. The fourth-order valence-electron chi connectivity index (χ4n) is 1.89. The number of hydrogen-bond acceptors (Lipinski definition) is 4. The van der Waals surface area contributed by atoms with Crippen LogP contribution in [0.15, 0.2) is 27.9 Å². The van der Waals surface area contributed by atoms with E-state index in [0.717, 1.165) is 6.42 Å². The third-order valence-corrected chi connectivity index (χ3v) is 4.84. The van der Waals surface area contributed by atoms with Gasteiger partial charge in [0.25, 0.3) is 10.0 Å². The zero-order chi connectivity index (χ0) is 11.8. The largest absolute Gasteiger partial charge is 0.452 e. The van der Waals surface area contributed by atoms with Crippen LogP contribution < -0.4 is 5.73 Å². The highest BCUT2D eigenvalue weighted by Crippen LogP contribution is 2.32. The van der Waals surface area contributed by atoms with Crippen LogP contribution in [0.5, 0.6) is 0 Å². The summed E-state index contributed by atoms with van der Waals surface area (Å²) in [6, 6.07) is 3.04. The maximum Gasteiger partial charge on any atom is 0.276 e. The molecule has 0 spiro atoms. The van der Waals surface area contributed by atoms with Gasteiger partial charge in [0.15, 0.2) is 0 Å². The lowest BCUT2D eigenvalue weighted by molar-refractivity contribution is 0.343. The van der Waals surface area contributed by atoms with Gasteiger partial charge in [-0.3, -0.25) is 0 Å². The Bertz CT molecular complexity index is 454. The number of nitrogens with two attached hydrogens (primary N) is 1. The summed E-state index contributed by atoms with van der Waals surface area (Å²) in [5.41, 5.74) is 5.54. The molecule has 1 saturated heterocycles. The fourth-order valence-corrected chi connectivity index (χ4v) is 3.38. The zero-order valence-electron chi connectivity index (χ0n) is 9.22. The first-order valence-corrected chi connectivity index (χ1v) is 6.66. The van der Waals surface area contributed by atoms with Crippen LogP contribution in [-0.2, 0) is 10.0 Å². The monoisotopic (exact) mass is 244 g/mol. The second-order valence-electron chi connectivity index (χ2n) is 4.54. The van der Waals surface area contributed by atoms with Gasteiger partial charge in [0.1, 0.15) is 0 Å². The lowest BCUT2D eigenvalue weighted by atomic mass is 9.90. The highest BCUT2D eigenvalue weighted by atomic mass is 32.2. The highest BCUT2D eigenvalue weighted by molar-refractivity contribution is 7.89. The molecule has 1 aromatic heterocycles. The van der Waals surface area contributed by atoms with E-state index in [1.54, 1.807) is 6.07 Å². The van der Waals surface area contributed by atoms with Gasteiger partial charge in [0.05, 0.1) is 6.26 Å². The second-order valence-corrected chi connectivity index (χ2v) is 6.40. The Balaban J connectivity index is 2.22. The second kappa shape index (κ2) is 3.87. The summed E-state index contributed by atoms with van der Waals surface area (Å²) in [6.07, 6.45) is 2.16. The Morgan fingerprint density at radius 1 is 1.62 bits per heavy atom. The van der Waals surface area contributed by atoms with Gasteiger partial charge in [-0.15, -0.1) is 0 Å². The molecule has 16 heavy (non-hydrogen) atoms. The normalized spacial score (nSPS) is 27.4. The van der Waals surface area contributed by atoms with Gasteiger partial charge in [0.2, 0.25) is 5.09 Å². The van der Waals surface area contributed by atoms with Crippen molar-refractivity contribution in [1.29, 1.82) is 0 Å². The van der Waals surface area contributed by atoms with E-state index in [-0.39, 0.29) is 10.5 Å². The topological polar surface area (TPSA) is 76.5 Å². The van der Waals surface area contributed by atoms with E-state index in [1.165, 1.54) is 16.6 Å². The Hall–Kier alpha value is -0.850. The molecule has 0 aliphatic carbocycles. The molecular weight excluding hydrogens is 228 g/mol. The van der Waals surface area contributed by atoms with Crippen molar-refractivity contribution in [2.75, 3.05) is 19.6 Å². The fraction of sp³-hybridized carbons (Fsp3) is 0.600. The van der Waals surface area contributed by atoms with E-state index >= 15 is 0 Å². The standard InChI is InChI=1S/C10H16N2O3S/c1-10(7-11)4-5-12(8-10)16(13,14)9-3-2-6-15-9/h2-3,6H,4-5,7-8,11H2,1H3. The number of nitrogens with zero attached hydrogens (tertiary/aromatic N) is 1. The summed E-state index contributed by atoms with van der Waals surface area (Å²) < 4.78 is 30.6. The van der Waals surface area contributed by atoms with Crippen molar-refractivity contribution in [2.24, 2.45) is 11.1 Å². The first-order valence-electron chi connectivity index (χ1n) is 5.22. The quantitative estimate of drug-likeness (QED) is 0.846. The van der Waals surface area contributed by atoms with Crippen LogP contribution in [0.3, 0.4) is 0 Å². The van der Waals surface area contributed by atoms with Gasteiger partial charge >= 0.3 is 0 Å². The number of furan rings is 1. The van der Waals surface area contributed by atoms with Crippen LogP contribution in [0.4, 0.5) is 0 Å². The Morgan fingerprint density at radius 3 is 2.88 bits per heavy atom. The van der Waals surface area contributed by atoms with Gasteiger partial charge in [0, 0.05) is 13.1 Å². The lowest BCUT2D eigenvalue weighted by Crippen LogP contribution is -2.34. The van der Waals surface area contributed by atoms with Crippen molar-refractivity contribution < 1.29 is 12.8 Å². The highest BCUT2D eigenvalue weighted by Gasteiger charge is 2.39. The maximum absolute atomic E-state index is 12.1. The molecular formula is C10H16N2O3S. The van der Waals surface area contributed by atoms with Gasteiger partial charge in [-0.1, -0.05) is 6.92 Å². The summed E-state index contributed by atoms with van der Waals surface area (Å²) in [7, 11) is -3.47. The van der Waals surface area contributed by atoms with Gasteiger partial charge in [-0.25, -0.2) is 8.42 Å². The molecule has 2 N–H and O–H groups in total. The molecule has 1 atom stereocenters. The molecule has 1 unspecified atom stereocenters. The van der Waals surface area contributed by atoms with Gasteiger partial charge < -0.3 is 10.2 Å². The Kier molecular flexibility index (Phi) is 2.81. The van der Waals surface area contributed by atoms with Crippen LogP contribution >= 0.6 is 0 Å². The predicted molar refractivity (Wildman–Crippen MR) is 59.2 cm³/mol. The number of hydrogen-bond donors (Lipinski definition) is 1. The van der Waals surface area contributed by atoms with Crippen LogP contribution in [0.1, 0.15) is 13.3 Å². The van der Waals surface area contributed by atoms with Crippen molar-refractivity contribution in [3.05, 3.63) is 18.4 Å². The molecule has 2 heterocycles. The Labute approximate surface area is 95.3 Å².